The van der Waals surface area contributed by atoms with Crippen LogP contribution in [0, 0.1) is 0 Å². The third-order valence-electron chi connectivity index (χ3n) is 3.70. The number of hydrogen-bond acceptors (Lipinski definition) is 3. The lowest BCUT2D eigenvalue weighted by Gasteiger charge is -2.19. The third kappa shape index (κ3) is 3.38. The number of benzene rings is 1. The van der Waals surface area contributed by atoms with Crippen molar-refractivity contribution in [1.82, 2.24) is 10.3 Å². The van der Waals surface area contributed by atoms with Gasteiger partial charge in [0.05, 0.1) is 0 Å². The van der Waals surface area contributed by atoms with Gasteiger partial charge in [-0.3, -0.25) is 4.98 Å². The van der Waals surface area contributed by atoms with Crippen LogP contribution in [0.5, 0.6) is 0 Å². The standard InChI is InChI=1S/C16H18BrN3/c17-14-3-5-16(6-4-14)20-9-7-15(12-20)19-11-13-2-1-8-18-10-13/h1-6,8,10,15,19H,7,9,11-12H2/t15-/m1/s1. The molecule has 2 aromatic rings. The van der Waals surface area contributed by atoms with Crippen molar-refractivity contribution in [3.63, 3.8) is 0 Å². The van der Waals surface area contributed by atoms with Gasteiger partial charge in [-0.25, -0.2) is 0 Å². The highest BCUT2D eigenvalue weighted by Crippen LogP contribution is 2.22. The number of pyridine rings is 1. The van der Waals surface area contributed by atoms with E-state index in [1.165, 1.54) is 17.7 Å². The van der Waals surface area contributed by atoms with E-state index in [4.69, 9.17) is 0 Å². The molecule has 3 nitrogen and oxygen atoms in total. The minimum absolute atomic E-state index is 0.554. The smallest absolute Gasteiger partial charge is 0.0367 e. The molecule has 1 saturated heterocycles. The molecule has 0 saturated carbocycles. The quantitative estimate of drug-likeness (QED) is 0.932. The van der Waals surface area contributed by atoms with Crippen molar-refractivity contribution in [2.45, 2.75) is 19.0 Å². The molecular weight excluding hydrogens is 314 g/mol. The Hall–Kier alpha value is -1.39. The Bertz CT molecular complexity index is 541. The maximum atomic E-state index is 4.15. The van der Waals surface area contributed by atoms with Crippen LogP contribution in [0.1, 0.15) is 12.0 Å². The summed E-state index contributed by atoms with van der Waals surface area (Å²) < 4.78 is 1.13. The van der Waals surface area contributed by atoms with Crippen LogP contribution in [0.2, 0.25) is 0 Å². The second kappa shape index (κ2) is 6.37. The maximum Gasteiger partial charge on any atom is 0.0367 e. The summed E-state index contributed by atoms with van der Waals surface area (Å²) in [5.74, 6) is 0. The first kappa shape index (κ1) is 13.6. The molecular formula is C16H18BrN3. The van der Waals surface area contributed by atoms with Crippen molar-refractivity contribution in [3.8, 4) is 0 Å². The van der Waals surface area contributed by atoms with Gasteiger partial charge in [-0.15, -0.1) is 0 Å². The Labute approximate surface area is 128 Å². The molecule has 1 aliphatic heterocycles. The molecule has 0 spiro atoms. The fraction of sp³-hybridized carbons (Fsp3) is 0.312. The van der Waals surface area contributed by atoms with Crippen molar-refractivity contribution in [2.75, 3.05) is 18.0 Å². The summed E-state index contributed by atoms with van der Waals surface area (Å²) in [6.45, 7) is 3.08. The van der Waals surface area contributed by atoms with Gasteiger partial charge in [-0.05, 0) is 42.3 Å². The first-order chi connectivity index (χ1) is 9.81. The Morgan fingerprint density at radius 2 is 2.10 bits per heavy atom. The van der Waals surface area contributed by atoms with Crippen molar-refractivity contribution in [3.05, 3.63) is 58.8 Å². The van der Waals surface area contributed by atoms with Gasteiger partial charge in [-0.1, -0.05) is 22.0 Å². The van der Waals surface area contributed by atoms with Crippen LogP contribution in [0.3, 0.4) is 0 Å². The molecule has 0 amide bonds. The Kier molecular flexibility index (Phi) is 4.33. The molecule has 1 aliphatic rings. The van der Waals surface area contributed by atoms with E-state index in [9.17, 15) is 0 Å². The topological polar surface area (TPSA) is 28.2 Å². The van der Waals surface area contributed by atoms with Gasteiger partial charge >= 0.3 is 0 Å². The molecule has 3 rings (SSSR count). The zero-order valence-electron chi connectivity index (χ0n) is 11.3. The van der Waals surface area contributed by atoms with E-state index in [1.807, 2.05) is 18.5 Å². The number of halogens is 1. The van der Waals surface area contributed by atoms with Crippen LogP contribution < -0.4 is 10.2 Å². The molecule has 1 aromatic heterocycles. The fourth-order valence-electron chi connectivity index (χ4n) is 2.58. The number of aromatic nitrogens is 1. The highest BCUT2D eigenvalue weighted by molar-refractivity contribution is 9.10. The predicted molar refractivity (Wildman–Crippen MR) is 85.8 cm³/mol. The molecule has 1 N–H and O–H groups in total. The minimum atomic E-state index is 0.554. The highest BCUT2D eigenvalue weighted by atomic mass is 79.9. The van der Waals surface area contributed by atoms with Crippen LogP contribution in [-0.2, 0) is 6.54 Å². The normalized spacial score (nSPS) is 18.4. The fourth-order valence-corrected chi connectivity index (χ4v) is 2.84. The van der Waals surface area contributed by atoms with E-state index in [0.717, 1.165) is 24.1 Å². The van der Waals surface area contributed by atoms with E-state index in [-0.39, 0.29) is 0 Å². The summed E-state index contributed by atoms with van der Waals surface area (Å²) in [7, 11) is 0. The Morgan fingerprint density at radius 3 is 2.85 bits per heavy atom. The van der Waals surface area contributed by atoms with Gasteiger partial charge in [0.2, 0.25) is 0 Å². The SMILES string of the molecule is Brc1ccc(N2CC[C@@H](NCc3cccnc3)C2)cc1. The van der Waals surface area contributed by atoms with E-state index < -0.39 is 0 Å². The predicted octanol–water partition coefficient (Wildman–Crippen LogP) is 3.21. The molecule has 1 aromatic carbocycles. The molecule has 0 radical (unpaired) electrons. The summed E-state index contributed by atoms with van der Waals surface area (Å²) >= 11 is 3.48. The van der Waals surface area contributed by atoms with Crippen LogP contribution in [0.25, 0.3) is 0 Å². The average molecular weight is 332 g/mol. The highest BCUT2D eigenvalue weighted by Gasteiger charge is 2.21. The van der Waals surface area contributed by atoms with Gasteiger partial charge in [0.15, 0.2) is 0 Å². The van der Waals surface area contributed by atoms with Crippen LogP contribution >= 0.6 is 15.9 Å². The van der Waals surface area contributed by atoms with E-state index in [0.29, 0.717) is 6.04 Å². The lowest BCUT2D eigenvalue weighted by atomic mass is 10.2. The second-order valence-electron chi connectivity index (χ2n) is 5.15. The molecule has 0 unspecified atom stereocenters. The lowest BCUT2D eigenvalue weighted by molar-refractivity contribution is 0.551. The summed E-state index contributed by atoms with van der Waals surface area (Å²) in [5.41, 5.74) is 2.55. The van der Waals surface area contributed by atoms with Gasteiger partial charge in [0.1, 0.15) is 0 Å². The maximum absolute atomic E-state index is 4.15. The lowest BCUT2D eigenvalue weighted by Crippen LogP contribution is -2.32. The molecule has 104 valence electrons. The van der Waals surface area contributed by atoms with E-state index in [1.54, 1.807) is 0 Å². The number of hydrogen-bond donors (Lipinski definition) is 1. The molecule has 1 atom stereocenters. The largest absolute Gasteiger partial charge is 0.370 e. The van der Waals surface area contributed by atoms with Gasteiger partial charge in [0.25, 0.3) is 0 Å². The van der Waals surface area contributed by atoms with Gasteiger partial charge in [-0.2, -0.15) is 0 Å². The molecule has 1 fully saturated rings. The van der Waals surface area contributed by atoms with Crippen LogP contribution in [0.4, 0.5) is 5.69 Å². The Balaban J connectivity index is 1.53. The summed E-state index contributed by atoms with van der Waals surface area (Å²) in [4.78, 5) is 6.58. The molecule has 0 aliphatic carbocycles. The zero-order valence-corrected chi connectivity index (χ0v) is 12.9. The molecule has 0 bridgehead atoms. The van der Waals surface area contributed by atoms with Gasteiger partial charge < -0.3 is 10.2 Å². The van der Waals surface area contributed by atoms with E-state index >= 15 is 0 Å². The zero-order chi connectivity index (χ0) is 13.8. The number of nitrogens with one attached hydrogen (secondary N) is 1. The third-order valence-corrected chi connectivity index (χ3v) is 4.23. The van der Waals surface area contributed by atoms with Crippen LogP contribution in [0.15, 0.2) is 53.3 Å². The minimum Gasteiger partial charge on any atom is -0.370 e. The summed E-state index contributed by atoms with van der Waals surface area (Å²) in [6, 6.07) is 13.2. The molecule has 4 heteroatoms. The monoisotopic (exact) mass is 331 g/mol. The first-order valence-electron chi connectivity index (χ1n) is 6.94. The number of rotatable bonds is 4. The number of anilines is 1. The average Bonchev–Trinajstić information content (AvgIpc) is 2.96. The van der Waals surface area contributed by atoms with Gasteiger partial charge in [0, 0.05) is 48.2 Å². The first-order valence-corrected chi connectivity index (χ1v) is 7.73. The summed E-state index contributed by atoms with van der Waals surface area (Å²) in [5, 5.41) is 3.62. The Morgan fingerprint density at radius 1 is 1.25 bits per heavy atom. The summed E-state index contributed by atoms with van der Waals surface area (Å²) in [6.07, 6.45) is 4.93. The number of nitrogens with zero attached hydrogens (tertiary/aromatic N) is 2. The molecule has 2 heterocycles. The van der Waals surface area contributed by atoms with Crippen molar-refractivity contribution in [1.29, 1.82) is 0 Å². The second-order valence-corrected chi connectivity index (χ2v) is 6.07. The van der Waals surface area contributed by atoms with Crippen LogP contribution in [-0.4, -0.2) is 24.1 Å². The van der Waals surface area contributed by atoms with Crippen molar-refractivity contribution >= 4 is 21.6 Å². The van der Waals surface area contributed by atoms with Crippen molar-refractivity contribution in [2.24, 2.45) is 0 Å². The van der Waals surface area contributed by atoms with E-state index in [2.05, 4.69) is 61.5 Å². The molecule has 20 heavy (non-hydrogen) atoms. The van der Waals surface area contributed by atoms with Crippen molar-refractivity contribution < 1.29 is 0 Å².